The summed E-state index contributed by atoms with van der Waals surface area (Å²) in [5.41, 5.74) is 0.267. The van der Waals surface area contributed by atoms with Gasteiger partial charge in [-0.05, 0) is 81.0 Å². The lowest BCUT2D eigenvalue weighted by atomic mass is 9.88. The van der Waals surface area contributed by atoms with E-state index < -0.39 is 67.3 Å². The maximum atomic E-state index is 15.1. The van der Waals surface area contributed by atoms with Gasteiger partial charge in [0, 0.05) is 25.2 Å². The first-order chi connectivity index (χ1) is 19.8. The highest BCUT2D eigenvalue weighted by Gasteiger charge is 2.51. The number of carbonyl (C=O) groups excluding carboxylic acids is 3. The Bertz CT molecular complexity index is 1330. The van der Waals surface area contributed by atoms with Crippen molar-refractivity contribution in [1.29, 1.82) is 0 Å². The number of aliphatic hydroxyl groups excluding tert-OH is 1. The van der Waals surface area contributed by atoms with Crippen LogP contribution in [0.25, 0.3) is 0 Å². The number of β-amino-alcohol motifs (C(OH)–C–C–N with tert-alkyl or cyclic N) is 1. The fourth-order valence-corrected chi connectivity index (χ4v) is 6.01. The number of benzene rings is 1. The Labute approximate surface area is 240 Å². The number of nitrogens with zero attached hydrogens (tertiary/aromatic N) is 3. The lowest BCUT2D eigenvalue weighted by Gasteiger charge is -2.28. The van der Waals surface area contributed by atoms with Crippen molar-refractivity contribution >= 4 is 23.4 Å². The average Bonchev–Trinajstić information content (AvgIpc) is 3.83. The van der Waals surface area contributed by atoms with Gasteiger partial charge in [0.2, 0.25) is 11.8 Å². The largest absolute Gasteiger partial charge is 0.408 e. The molecule has 3 unspecified atom stereocenters. The highest BCUT2D eigenvalue weighted by Crippen LogP contribution is 2.51. The topological polar surface area (TPSA) is 117 Å². The van der Waals surface area contributed by atoms with Crippen LogP contribution in [0.15, 0.2) is 30.5 Å². The van der Waals surface area contributed by atoms with E-state index in [0.717, 1.165) is 31.7 Å². The van der Waals surface area contributed by atoms with E-state index in [-0.39, 0.29) is 35.0 Å². The number of halogens is 4. The smallest absolute Gasteiger partial charge is 0.391 e. The number of anilines is 1. The molecule has 2 saturated carbocycles. The van der Waals surface area contributed by atoms with E-state index in [1.165, 1.54) is 18.3 Å². The summed E-state index contributed by atoms with van der Waals surface area (Å²) in [6.07, 6.45) is -1.77. The molecule has 2 heterocycles. The number of nitrogens with one attached hydrogen (secondary N) is 2. The van der Waals surface area contributed by atoms with Gasteiger partial charge in [0.15, 0.2) is 0 Å². The SMILES string of the molecule is CC(C)n1nccc1C(=O)NC(C(=O)Nc1ccc(CC(=O)N2CC(O)CC2C(F)(F)F)cc1F)C(C1CC1)C1CC1. The van der Waals surface area contributed by atoms with Crippen LogP contribution in [0.4, 0.5) is 23.2 Å². The Hall–Kier alpha value is -3.48. The maximum Gasteiger partial charge on any atom is 0.408 e. The molecule has 2 aromatic rings. The van der Waals surface area contributed by atoms with E-state index in [1.807, 2.05) is 13.8 Å². The van der Waals surface area contributed by atoms with Crippen LogP contribution in [0.5, 0.6) is 0 Å². The summed E-state index contributed by atoms with van der Waals surface area (Å²) < 4.78 is 56.7. The van der Waals surface area contributed by atoms with Gasteiger partial charge in [-0.25, -0.2) is 4.39 Å². The summed E-state index contributed by atoms with van der Waals surface area (Å²) in [5.74, 6) is -2.29. The molecule has 1 saturated heterocycles. The van der Waals surface area contributed by atoms with Gasteiger partial charge in [-0.1, -0.05) is 6.07 Å². The van der Waals surface area contributed by atoms with Gasteiger partial charge < -0.3 is 20.6 Å². The molecule has 0 spiro atoms. The van der Waals surface area contributed by atoms with Crippen molar-refractivity contribution in [3.63, 3.8) is 0 Å². The molecule has 13 heteroatoms. The molecular weight excluding hydrogens is 558 g/mol. The van der Waals surface area contributed by atoms with Gasteiger partial charge in [0.1, 0.15) is 23.6 Å². The quantitative estimate of drug-likeness (QED) is 0.362. The molecule has 0 bridgehead atoms. The molecule has 3 fully saturated rings. The minimum absolute atomic E-state index is 0.0786. The van der Waals surface area contributed by atoms with Crippen LogP contribution in [-0.4, -0.2) is 68.4 Å². The van der Waals surface area contributed by atoms with E-state index in [9.17, 15) is 32.7 Å². The highest BCUT2D eigenvalue weighted by atomic mass is 19.4. The van der Waals surface area contributed by atoms with Gasteiger partial charge in [-0.2, -0.15) is 18.3 Å². The first-order valence-electron chi connectivity index (χ1n) is 14.3. The predicted molar refractivity (Wildman–Crippen MR) is 144 cm³/mol. The second kappa shape index (κ2) is 11.7. The molecule has 9 nitrogen and oxygen atoms in total. The van der Waals surface area contributed by atoms with Gasteiger partial charge in [0.25, 0.3) is 5.91 Å². The molecule has 5 rings (SSSR count). The van der Waals surface area contributed by atoms with Crippen LogP contribution in [-0.2, 0) is 16.0 Å². The van der Waals surface area contributed by atoms with Crippen LogP contribution < -0.4 is 10.6 Å². The van der Waals surface area contributed by atoms with Crippen LogP contribution >= 0.6 is 0 Å². The summed E-state index contributed by atoms with van der Waals surface area (Å²) in [7, 11) is 0. The van der Waals surface area contributed by atoms with Crippen molar-refractivity contribution in [2.24, 2.45) is 17.8 Å². The molecule has 0 radical (unpaired) electrons. The monoisotopic (exact) mass is 593 g/mol. The summed E-state index contributed by atoms with van der Waals surface area (Å²) in [6, 6.07) is 2.11. The second-order valence-electron chi connectivity index (χ2n) is 11.9. The third kappa shape index (κ3) is 6.61. The molecule has 3 aliphatic rings. The number of aliphatic hydroxyl groups is 1. The van der Waals surface area contributed by atoms with Crippen molar-refractivity contribution < 1.29 is 37.1 Å². The van der Waals surface area contributed by atoms with Crippen molar-refractivity contribution in [2.75, 3.05) is 11.9 Å². The highest BCUT2D eigenvalue weighted by molar-refractivity contribution is 6.01. The zero-order chi connectivity index (χ0) is 30.3. The average molecular weight is 594 g/mol. The molecule has 42 heavy (non-hydrogen) atoms. The molecule has 1 aromatic heterocycles. The van der Waals surface area contributed by atoms with Gasteiger partial charge in [-0.3, -0.25) is 19.1 Å². The fourth-order valence-electron chi connectivity index (χ4n) is 6.01. The molecule has 2 aliphatic carbocycles. The Balaban J connectivity index is 1.30. The van der Waals surface area contributed by atoms with Crippen molar-refractivity contribution in [1.82, 2.24) is 20.0 Å². The number of hydrogen-bond acceptors (Lipinski definition) is 5. The van der Waals surface area contributed by atoms with E-state index in [1.54, 1.807) is 10.7 Å². The van der Waals surface area contributed by atoms with Crippen LogP contribution in [0.2, 0.25) is 0 Å². The zero-order valence-corrected chi connectivity index (χ0v) is 23.4. The lowest BCUT2D eigenvalue weighted by Crippen LogP contribution is -2.50. The molecule has 1 aromatic carbocycles. The van der Waals surface area contributed by atoms with Crippen molar-refractivity contribution in [3.05, 3.63) is 47.5 Å². The molecule has 1 aliphatic heterocycles. The predicted octanol–water partition coefficient (Wildman–Crippen LogP) is 3.84. The Morgan fingerprint density at radius 3 is 2.33 bits per heavy atom. The van der Waals surface area contributed by atoms with E-state index >= 15 is 4.39 Å². The fraction of sp³-hybridized carbons (Fsp3) is 0.586. The summed E-state index contributed by atoms with van der Waals surface area (Å²) >= 11 is 0. The minimum Gasteiger partial charge on any atom is -0.391 e. The van der Waals surface area contributed by atoms with Gasteiger partial charge >= 0.3 is 6.18 Å². The second-order valence-corrected chi connectivity index (χ2v) is 11.9. The zero-order valence-electron chi connectivity index (χ0n) is 23.4. The van der Waals surface area contributed by atoms with Crippen LogP contribution in [0, 0.1) is 23.6 Å². The Kier molecular flexibility index (Phi) is 8.32. The Morgan fingerprint density at radius 2 is 1.76 bits per heavy atom. The van der Waals surface area contributed by atoms with E-state index in [2.05, 4.69) is 15.7 Å². The van der Waals surface area contributed by atoms with E-state index in [0.29, 0.717) is 10.6 Å². The van der Waals surface area contributed by atoms with Gasteiger partial charge in [-0.15, -0.1) is 0 Å². The van der Waals surface area contributed by atoms with Crippen molar-refractivity contribution in [2.45, 2.75) is 82.8 Å². The standard InChI is InChI=1S/C29H35F4N5O4/c1-15(2)38-22(9-10-34-38)27(41)36-26(25(17-4-5-17)18-6-7-18)28(42)35-21-8-3-16(11-20(21)30)12-24(40)37-14-19(39)13-23(37)29(31,32)33/h3,8-11,15,17-19,23,25-26,39H,4-7,12-14H2,1-2H3,(H,35,42)(H,36,41). The third-order valence-electron chi connectivity index (χ3n) is 8.30. The first kappa shape index (κ1) is 30.0. The number of carbonyl (C=O) groups is 3. The number of alkyl halides is 3. The van der Waals surface area contributed by atoms with E-state index in [4.69, 9.17) is 0 Å². The normalized spacial score (nSPS) is 21.6. The third-order valence-corrected chi connectivity index (χ3v) is 8.30. The number of likely N-dealkylation sites (tertiary alicyclic amines) is 1. The Morgan fingerprint density at radius 1 is 1.10 bits per heavy atom. The molecule has 228 valence electrons. The first-order valence-corrected chi connectivity index (χ1v) is 14.3. The van der Waals surface area contributed by atoms with Crippen LogP contribution in [0.3, 0.4) is 0 Å². The maximum absolute atomic E-state index is 15.1. The number of rotatable bonds is 10. The molecule has 3 atom stereocenters. The summed E-state index contributed by atoms with van der Waals surface area (Å²) in [4.78, 5) is 40.1. The number of hydrogen-bond donors (Lipinski definition) is 3. The number of aromatic nitrogens is 2. The number of amides is 3. The molecular formula is C29H35F4N5O4. The summed E-state index contributed by atoms with van der Waals surface area (Å²) in [6.45, 7) is 3.32. The van der Waals surface area contributed by atoms with Crippen LogP contribution in [0.1, 0.15) is 68.0 Å². The molecule has 3 N–H and O–H groups in total. The summed E-state index contributed by atoms with van der Waals surface area (Å²) in [5, 5.41) is 19.4. The van der Waals surface area contributed by atoms with Gasteiger partial charge in [0.05, 0.1) is 18.2 Å². The minimum atomic E-state index is -4.69. The lowest BCUT2D eigenvalue weighted by molar-refractivity contribution is -0.182. The molecule has 3 amide bonds. The van der Waals surface area contributed by atoms with Crippen molar-refractivity contribution in [3.8, 4) is 0 Å².